The zero-order chi connectivity index (χ0) is 6.20. The van der Waals surface area contributed by atoms with Crippen LogP contribution >= 0.6 is 15.9 Å². The molecular formula is C6H11BrO. The monoisotopic (exact) mass is 178 g/mol. The van der Waals surface area contributed by atoms with Crippen molar-refractivity contribution < 1.29 is 4.74 Å². The largest absolute Gasteiger partial charge is 0.373 e. The maximum atomic E-state index is 5.13. The lowest BCUT2D eigenvalue weighted by Crippen LogP contribution is -2.20. The second kappa shape index (κ2) is 1.99. The van der Waals surface area contributed by atoms with Crippen molar-refractivity contribution in [2.75, 3.05) is 11.9 Å². The van der Waals surface area contributed by atoms with Crippen LogP contribution in [0.3, 0.4) is 0 Å². The van der Waals surface area contributed by atoms with Gasteiger partial charge in [-0.2, -0.15) is 0 Å². The van der Waals surface area contributed by atoms with Gasteiger partial charge in [0, 0.05) is 10.7 Å². The van der Waals surface area contributed by atoms with E-state index in [2.05, 4.69) is 29.8 Å². The summed E-state index contributed by atoms with van der Waals surface area (Å²) in [6.07, 6.45) is 0.516. The molecule has 1 rings (SSSR count). The molecule has 0 aromatic heterocycles. The highest BCUT2D eigenvalue weighted by atomic mass is 79.9. The number of ether oxygens (including phenoxy) is 1. The summed E-state index contributed by atoms with van der Waals surface area (Å²) < 4.78 is 5.13. The number of hydrogen-bond donors (Lipinski definition) is 0. The topological polar surface area (TPSA) is 12.5 Å². The van der Waals surface area contributed by atoms with Crippen LogP contribution in [0, 0.1) is 5.41 Å². The molecule has 0 aromatic carbocycles. The van der Waals surface area contributed by atoms with E-state index in [4.69, 9.17) is 4.74 Å². The van der Waals surface area contributed by atoms with E-state index in [0.717, 1.165) is 11.9 Å². The van der Waals surface area contributed by atoms with Crippen LogP contribution in [0.5, 0.6) is 0 Å². The maximum Gasteiger partial charge on any atom is 0.0868 e. The molecule has 0 saturated carbocycles. The normalized spacial score (nSPS) is 28.1. The minimum atomic E-state index is 0.347. The van der Waals surface area contributed by atoms with Gasteiger partial charge in [-0.15, -0.1) is 0 Å². The van der Waals surface area contributed by atoms with E-state index in [-0.39, 0.29) is 0 Å². The predicted molar refractivity (Wildman–Crippen MR) is 37.3 cm³/mol. The SMILES string of the molecule is CC(C)(CBr)C1CO1. The smallest absolute Gasteiger partial charge is 0.0868 e. The first-order valence-corrected chi connectivity index (χ1v) is 3.96. The first-order chi connectivity index (χ1) is 3.67. The molecule has 0 aromatic rings. The van der Waals surface area contributed by atoms with Crippen molar-refractivity contribution in [3.8, 4) is 0 Å². The van der Waals surface area contributed by atoms with Crippen LogP contribution in [-0.2, 0) is 4.74 Å². The summed E-state index contributed by atoms with van der Waals surface area (Å²) >= 11 is 3.43. The van der Waals surface area contributed by atoms with Crippen molar-refractivity contribution in [1.29, 1.82) is 0 Å². The van der Waals surface area contributed by atoms with E-state index in [1.54, 1.807) is 0 Å². The van der Waals surface area contributed by atoms with Gasteiger partial charge in [-0.1, -0.05) is 29.8 Å². The van der Waals surface area contributed by atoms with Crippen LogP contribution < -0.4 is 0 Å². The van der Waals surface area contributed by atoms with Gasteiger partial charge in [0.25, 0.3) is 0 Å². The highest BCUT2D eigenvalue weighted by Gasteiger charge is 2.38. The van der Waals surface area contributed by atoms with Gasteiger partial charge in [0.2, 0.25) is 0 Å². The predicted octanol–water partition coefficient (Wildman–Crippen LogP) is 1.81. The fourth-order valence-electron chi connectivity index (χ4n) is 0.585. The van der Waals surface area contributed by atoms with Crippen LogP contribution in [0.1, 0.15) is 13.8 Å². The Morgan fingerprint density at radius 2 is 2.25 bits per heavy atom. The van der Waals surface area contributed by atoms with E-state index in [1.807, 2.05) is 0 Å². The van der Waals surface area contributed by atoms with Crippen molar-refractivity contribution in [3.05, 3.63) is 0 Å². The van der Waals surface area contributed by atoms with Crippen molar-refractivity contribution in [1.82, 2.24) is 0 Å². The number of alkyl halides is 1. The van der Waals surface area contributed by atoms with Gasteiger partial charge in [0.05, 0.1) is 12.7 Å². The summed E-state index contributed by atoms with van der Waals surface area (Å²) in [5, 5.41) is 1.03. The summed E-state index contributed by atoms with van der Waals surface area (Å²) in [4.78, 5) is 0. The molecule has 8 heavy (non-hydrogen) atoms. The van der Waals surface area contributed by atoms with Gasteiger partial charge in [-0.3, -0.25) is 0 Å². The second-order valence-electron chi connectivity index (χ2n) is 2.94. The number of halogens is 1. The van der Waals surface area contributed by atoms with E-state index in [9.17, 15) is 0 Å². The Morgan fingerprint density at radius 3 is 2.38 bits per heavy atom. The van der Waals surface area contributed by atoms with Gasteiger partial charge in [0.15, 0.2) is 0 Å². The highest BCUT2D eigenvalue weighted by molar-refractivity contribution is 9.09. The average molecular weight is 179 g/mol. The summed E-state index contributed by atoms with van der Waals surface area (Å²) in [7, 11) is 0. The molecule has 1 atom stereocenters. The Kier molecular flexibility index (Phi) is 1.63. The standard InChI is InChI=1S/C6H11BrO/c1-6(2,4-7)5-3-8-5/h5H,3-4H2,1-2H3. The molecular weight excluding hydrogens is 168 g/mol. The van der Waals surface area contributed by atoms with Crippen molar-refractivity contribution in [3.63, 3.8) is 0 Å². The zero-order valence-electron chi connectivity index (χ0n) is 5.28. The molecule has 0 amide bonds. The van der Waals surface area contributed by atoms with Crippen LogP contribution in [0.25, 0.3) is 0 Å². The first-order valence-electron chi connectivity index (χ1n) is 2.84. The lowest BCUT2D eigenvalue weighted by Gasteiger charge is -2.17. The Labute approximate surface area is 58.5 Å². The van der Waals surface area contributed by atoms with Crippen LogP contribution in [0.2, 0.25) is 0 Å². The third kappa shape index (κ3) is 1.23. The van der Waals surface area contributed by atoms with Gasteiger partial charge in [-0.05, 0) is 0 Å². The molecule has 1 fully saturated rings. The van der Waals surface area contributed by atoms with Crippen LogP contribution in [0.4, 0.5) is 0 Å². The van der Waals surface area contributed by atoms with Gasteiger partial charge < -0.3 is 4.74 Å². The molecule has 1 heterocycles. The lowest BCUT2D eigenvalue weighted by atomic mass is 9.93. The molecule has 1 unspecified atom stereocenters. The second-order valence-corrected chi connectivity index (χ2v) is 3.50. The minimum Gasteiger partial charge on any atom is -0.373 e. The zero-order valence-corrected chi connectivity index (χ0v) is 6.86. The molecule has 0 N–H and O–H groups in total. The van der Waals surface area contributed by atoms with Crippen LogP contribution in [-0.4, -0.2) is 18.0 Å². The summed E-state index contributed by atoms with van der Waals surface area (Å²) in [5.41, 5.74) is 0.347. The molecule has 0 bridgehead atoms. The Morgan fingerprint density at radius 1 is 1.75 bits per heavy atom. The molecule has 0 aliphatic carbocycles. The number of rotatable bonds is 2. The molecule has 1 aliphatic rings. The Balaban J connectivity index is 2.37. The molecule has 0 radical (unpaired) electrons. The van der Waals surface area contributed by atoms with Crippen molar-refractivity contribution >= 4 is 15.9 Å². The summed E-state index contributed by atoms with van der Waals surface area (Å²) in [5.74, 6) is 0. The number of hydrogen-bond acceptors (Lipinski definition) is 1. The Hall–Kier alpha value is 0.440. The average Bonchev–Trinajstić information content (AvgIpc) is 2.44. The molecule has 1 nitrogen and oxygen atoms in total. The Bertz CT molecular complexity index is 86.5. The van der Waals surface area contributed by atoms with E-state index < -0.39 is 0 Å². The first kappa shape index (κ1) is 6.56. The number of epoxide rings is 1. The van der Waals surface area contributed by atoms with E-state index >= 15 is 0 Å². The third-order valence-corrected chi connectivity index (χ3v) is 2.99. The van der Waals surface area contributed by atoms with Gasteiger partial charge in [0.1, 0.15) is 0 Å². The molecule has 48 valence electrons. The molecule has 1 aliphatic heterocycles. The quantitative estimate of drug-likeness (QED) is 0.465. The van der Waals surface area contributed by atoms with E-state index in [1.165, 1.54) is 0 Å². The summed E-state index contributed by atoms with van der Waals surface area (Å²) in [6.45, 7) is 5.37. The minimum absolute atomic E-state index is 0.347. The summed E-state index contributed by atoms with van der Waals surface area (Å²) in [6, 6.07) is 0. The highest BCUT2D eigenvalue weighted by Crippen LogP contribution is 2.33. The maximum absolute atomic E-state index is 5.13. The molecule has 0 spiro atoms. The molecule has 2 heteroatoms. The van der Waals surface area contributed by atoms with Gasteiger partial charge >= 0.3 is 0 Å². The van der Waals surface area contributed by atoms with E-state index in [0.29, 0.717) is 11.5 Å². The van der Waals surface area contributed by atoms with Gasteiger partial charge in [-0.25, -0.2) is 0 Å². The fourth-order valence-corrected chi connectivity index (χ4v) is 0.946. The molecule has 1 saturated heterocycles. The van der Waals surface area contributed by atoms with Crippen molar-refractivity contribution in [2.45, 2.75) is 20.0 Å². The van der Waals surface area contributed by atoms with Crippen LogP contribution in [0.15, 0.2) is 0 Å². The van der Waals surface area contributed by atoms with Crippen molar-refractivity contribution in [2.24, 2.45) is 5.41 Å². The third-order valence-electron chi connectivity index (χ3n) is 1.55. The lowest BCUT2D eigenvalue weighted by molar-refractivity contribution is 0.272. The fraction of sp³-hybridized carbons (Fsp3) is 1.00.